The van der Waals surface area contributed by atoms with E-state index in [9.17, 15) is 18.0 Å². The molecular formula is C38H33F4N7O3. The molecule has 5 aromatic rings. The lowest BCUT2D eigenvalue weighted by molar-refractivity contribution is -0.0206. The Balaban J connectivity index is 0.924. The first-order valence-corrected chi connectivity index (χ1v) is 16.6. The number of anilines is 3. The molecule has 14 heteroatoms. The van der Waals surface area contributed by atoms with Gasteiger partial charge in [0.15, 0.2) is 11.6 Å². The standard InChI is InChI=1S/C38H33F4N7O3/c39-28-4-8-31(32(40)16-28)38(22-49-24-44-23-45-49)18-26(21-52-38)20-51-36-10-7-30(17-34(36)42)48-13-11-47(12-14-48)29-5-2-27(3-6-29)37(50)46-35-9-1-25(19-43)15-33(35)41/h1-10,15-17,23-24,26H,11-14,18,20-22H2,(H,46,50)/t26-,38-/m0/s1. The molecule has 1 N–H and O–H groups in total. The number of hydrogen-bond acceptors (Lipinski definition) is 8. The Bertz CT molecular complexity index is 2100. The van der Waals surface area contributed by atoms with Gasteiger partial charge in [-0.15, -0.1) is 0 Å². The number of nitriles is 1. The summed E-state index contributed by atoms with van der Waals surface area (Å²) in [5.41, 5.74) is 1.23. The zero-order chi connectivity index (χ0) is 36.2. The van der Waals surface area contributed by atoms with Gasteiger partial charge < -0.3 is 24.6 Å². The van der Waals surface area contributed by atoms with Crippen molar-refractivity contribution in [2.75, 3.05) is 54.5 Å². The van der Waals surface area contributed by atoms with Gasteiger partial charge in [0, 0.05) is 66.7 Å². The van der Waals surface area contributed by atoms with E-state index < -0.39 is 34.8 Å². The minimum atomic E-state index is -1.13. The number of carbonyl (C=O) groups excluding carboxylic acids is 1. The highest BCUT2D eigenvalue weighted by atomic mass is 19.1. The summed E-state index contributed by atoms with van der Waals surface area (Å²) >= 11 is 0. The topological polar surface area (TPSA) is 109 Å². The van der Waals surface area contributed by atoms with Crippen LogP contribution in [-0.2, 0) is 16.9 Å². The molecule has 1 amide bonds. The average Bonchev–Trinajstić information content (AvgIpc) is 3.82. The number of carbonyl (C=O) groups is 1. The molecule has 0 bridgehead atoms. The number of amides is 1. The summed E-state index contributed by atoms with van der Waals surface area (Å²) < 4.78 is 71.8. The fourth-order valence-electron chi connectivity index (χ4n) is 6.72. The van der Waals surface area contributed by atoms with Gasteiger partial charge in [-0.2, -0.15) is 10.4 Å². The molecule has 1 aromatic heterocycles. The van der Waals surface area contributed by atoms with Gasteiger partial charge in [-0.3, -0.25) is 4.79 Å². The Morgan fingerprint density at radius 3 is 2.33 bits per heavy atom. The largest absolute Gasteiger partial charge is 0.490 e. The molecule has 3 heterocycles. The Morgan fingerprint density at radius 1 is 0.904 bits per heavy atom. The smallest absolute Gasteiger partial charge is 0.255 e. The number of rotatable bonds is 10. The average molecular weight is 712 g/mol. The third-order valence-corrected chi connectivity index (χ3v) is 9.40. The lowest BCUT2D eigenvalue weighted by atomic mass is 9.87. The maximum atomic E-state index is 15.3. The number of nitrogens with zero attached hydrogens (tertiary/aromatic N) is 6. The Kier molecular flexibility index (Phi) is 9.78. The van der Waals surface area contributed by atoms with Crippen LogP contribution in [0.1, 0.15) is 27.9 Å². The molecule has 0 aliphatic carbocycles. The lowest BCUT2D eigenvalue weighted by Crippen LogP contribution is -2.46. The van der Waals surface area contributed by atoms with Gasteiger partial charge in [-0.05, 0) is 67.1 Å². The first kappa shape index (κ1) is 34.5. The van der Waals surface area contributed by atoms with Crippen molar-refractivity contribution >= 4 is 23.0 Å². The number of halogens is 4. The summed E-state index contributed by atoms with van der Waals surface area (Å²) in [5.74, 6) is -3.18. The van der Waals surface area contributed by atoms with Gasteiger partial charge in [0.25, 0.3) is 5.91 Å². The van der Waals surface area contributed by atoms with Crippen LogP contribution in [0.3, 0.4) is 0 Å². The zero-order valence-electron chi connectivity index (χ0n) is 27.8. The molecule has 0 saturated carbocycles. The second kappa shape index (κ2) is 14.7. The molecule has 2 fully saturated rings. The first-order chi connectivity index (χ1) is 25.2. The van der Waals surface area contributed by atoms with Crippen LogP contribution in [-0.4, -0.2) is 60.1 Å². The highest BCUT2D eigenvalue weighted by Gasteiger charge is 2.44. The van der Waals surface area contributed by atoms with E-state index in [1.165, 1.54) is 47.7 Å². The molecule has 0 spiro atoms. The van der Waals surface area contributed by atoms with Crippen molar-refractivity contribution in [3.63, 3.8) is 0 Å². The molecule has 4 aromatic carbocycles. The van der Waals surface area contributed by atoms with Crippen molar-refractivity contribution in [1.82, 2.24) is 14.8 Å². The third-order valence-electron chi connectivity index (χ3n) is 9.40. The van der Waals surface area contributed by atoms with Gasteiger partial charge in [-0.25, -0.2) is 27.2 Å². The van der Waals surface area contributed by atoms with E-state index >= 15 is 4.39 Å². The van der Waals surface area contributed by atoms with Crippen LogP contribution in [0.5, 0.6) is 5.75 Å². The molecule has 2 aliphatic rings. The van der Waals surface area contributed by atoms with Gasteiger partial charge in [0.1, 0.15) is 35.7 Å². The molecule has 0 unspecified atom stereocenters. The van der Waals surface area contributed by atoms with E-state index in [0.29, 0.717) is 38.2 Å². The highest BCUT2D eigenvalue weighted by molar-refractivity contribution is 6.04. The normalized spacial score (nSPS) is 18.6. The van der Waals surface area contributed by atoms with Crippen molar-refractivity contribution in [2.24, 2.45) is 5.92 Å². The van der Waals surface area contributed by atoms with Crippen molar-refractivity contribution in [2.45, 2.75) is 18.6 Å². The van der Waals surface area contributed by atoms with Crippen molar-refractivity contribution in [3.8, 4) is 11.8 Å². The van der Waals surface area contributed by atoms with Crippen LogP contribution >= 0.6 is 0 Å². The maximum absolute atomic E-state index is 15.3. The van der Waals surface area contributed by atoms with Crippen LogP contribution in [0.15, 0.2) is 91.5 Å². The number of nitrogens with one attached hydrogen (secondary N) is 1. The minimum Gasteiger partial charge on any atom is -0.490 e. The van der Waals surface area contributed by atoms with E-state index in [-0.39, 0.29) is 48.2 Å². The molecule has 2 aliphatic heterocycles. The van der Waals surface area contributed by atoms with E-state index in [1.807, 2.05) is 24.3 Å². The minimum absolute atomic E-state index is 0.00789. The number of ether oxygens (including phenoxy) is 2. The molecule has 266 valence electrons. The fourth-order valence-corrected chi connectivity index (χ4v) is 6.72. The second-order valence-corrected chi connectivity index (χ2v) is 12.8. The Hall–Kier alpha value is -5.94. The number of piperazine rings is 1. The van der Waals surface area contributed by atoms with Crippen LogP contribution in [0.2, 0.25) is 0 Å². The molecule has 52 heavy (non-hydrogen) atoms. The summed E-state index contributed by atoms with van der Waals surface area (Å²) in [6.45, 7) is 3.10. The van der Waals surface area contributed by atoms with Crippen molar-refractivity contribution < 1.29 is 31.8 Å². The van der Waals surface area contributed by atoms with E-state index in [1.54, 1.807) is 18.2 Å². The van der Waals surface area contributed by atoms with Crippen LogP contribution in [0.4, 0.5) is 34.6 Å². The predicted molar refractivity (Wildman–Crippen MR) is 184 cm³/mol. The molecule has 10 nitrogen and oxygen atoms in total. The Labute approximate surface area is 296 Å². The molecule has 2 atom stereocenters. The fraction of sp³-hybridized carbons (Fsp3) is 0.263. The van der Waals surface area contributed by atoms with Crippen molar-refractivity contribution in [1.29, 1.82) is 5.26 Å². The summed E-state index contributed by atoms with van der Waals surface area (Å²) in [4.78, 5) is 20.9. The van der Waals surface area contributed by atoms with Gasteiger partial charge >= 0.3 is 0 Å². The third kappa shape index (κ3) is 7.40. The highest BCUT2D eigenvalue weighted by Crippen LogP contribution is 2.42. The molecule has 0 radical (unpaired) electrons. The first-order valence-electron chi connectivity index (χ1n) is 16.6. The number of hydrogen-bond donors (Lipinski definition) is 1. The Morgan fingerprint density at radius 2 is 1.65 bits per heavy atom. The summed E-state index contributed by atoms with van der Waals surface area (Å²) in [6, 6.07) is 21.0. The zero-order valence-corrected chi connectivity index (χ0v) is 27.8. The van der Waals surface area contributed by atoms with Crippen molar-refractivity contribution in [3.05, 3.63) is 131 Å². The number of aromatic nitrogens is 3. The predicted octanol–water partition coefficient (Wildman–Crippen LogP) is 6.30. The van der Waals surface area contributed by atoms with Gasteiger partial charge in [-0.1, -0.05) is 6.07 Å². The summed E-state index contributed by atoms with van der Waals surface area (Å²) in [5, 5.41) is 15.6. The van der Waals surface area contributed by atoms with Gasteiger partial charge in [0.05, 0.1) is 37.1 Å². The van der Waals surface area contributed by atoms with Crippen LogP contribution in [0, 0.1) is 40.5 Å². The monoisotopic (exact) mass is 711 g/mol. The molecule has 7 rings (SSSR count). The van der Waals surface area contributed by atoms with Crippen LogP contribution in [0.25, 0.3) is 0 Å². The molecular weight excluding hydrogens is 678 g/mol. The van der Waals surface area contributed by atoms with Gasteiger partial charge in [0.2, 0.25) is 0 Å². The van der Waals surface area contributed by atoms with E-state index in [4.69, 9.17) is 14.7 Å². The number of benzene rings is 4. The summed E-state index contributed by atoms with van der Waals surface area (Å²) in [6.07, 6.45) is 3.21. The SMILES string of the molecule is N#Cc1ccc(NC(=O)c2ccc(N3CCN(c4ccc(OC[C@H]5CO[C@@](Cn6cncn6)(c6ccc(F)cc6F)C5)c(F)c4)CC3)cc2)c(F)c1. The van der Waals surface area contributed by atoms with E-state index in [0.717, 1.165) is 23.5 Å². The second-order valence-electron chi connectivity index (χ2n) is 12.8. The molecule has 2 saturated heterocycles. The lowest BCUT2D eigenvalue weighted by Gasteiger charge is -2.37. The maximum Gasteiger partial charge on any atom is 0.255 e. The summed E-state index contributed by atoms with van der Waals surface area (Å²) in [7, 11) is 0. The quantitative estimate of drug-likeness (QED) is 0.168. The van der Waals surface area contributed by atoms with E-state index in [2.05, 4.69) is 25.2 Å². The van der Waals surface area contributed by atoms with Crippen LogP contribution < -0.4 is 19.9 Å².